The van der Waals surface area contributed by atoms with Crippen LogP contribution in [-0.4, -0.2) is 35.9 Å². The normalized spacial score (nSPS) is 11.1. The molecule has 4 rings (SSSR count). The Labute approximate surface area is 210 Å². The summed E-state index contributed by atoms with van der Waals surface area (Å²) >= 11 is 0. The second-order valence-corrected chi connectivity index (χ2v) is 8.78. The molecular weight excluding hydrogens is 456 g/mol. The number of phenols is 2. The highest BCUT2D eigenvalue weighted by Gasteiger charge is 2.26. The Hall–Kier alpha value is -4.06. The molecule has 0 saturated carbocycles. The summed E-state index contributed by atoms with van der Waals surface area (Å²) in [7, 11) is 1.24. The number of aromatic hydroxyl groups is 2. The zero-order valence-electron chi connectivity index (χ0n) is 20.5. The number of esters is 2. The van der Waals surface area contributed by atoms with Crippen LogP contribution in [0.4, 0.5) is 0 Å². The van der Waals surface area contributed by atoms with Gasteiger partial charge in [0.1, 0.15) is 22.6 Å². The van der Waals surface area contributed by atoms with E-state index in [0.717, 1.165) is 32.1 Å². The van der Waals surface area contributed by atoms with Crippen molar-refractivity contribution in [2.75, 3.05) is 13.7 Å². The van der Waals surface area contributed by atoms with E-state index < -0.39 is 11.9 Å². The van der Waals surface area contributed by atoms with Crippen LogP contribution in [-0.2, 0) is 9.47 Å². The molecule has 0 aliphatic heterocycles. The van der Waals surface area contributed by atoms with Crippen molar-refractivity contribution >= 4 is 33.5 Å². The van der Waals surface area contributed by atoms with E-state index >= 15 is 0 Å². The van der Waals surface area contributed by atoms with Gasteiger partial charge in [-0.3, -0.25) is 0 Å². The predicted octanol–water partition coefficient (Wildman–Crippen LogP) is 6.99. The third kappa shape index (κ3) is 4.85. The fraction of sp³-hybridized carbons (Fsp3) is 0.267. The summed E-state index contributed by atoms with van der Waals surface area (Å²) in [5.74, 6) is -1.99. The van der Waals surface area contributed by atoms with E-state index in [-0.39, 0.29) is 40.4 Å². The molecule has 0 fully saturated rings. The smallest absolute Gasteiger partial charge is 0.341 e. The highest BCUT2D eigenvalue weighted by molar-refractivity contribution is 6.15. The molecule has 2 N–H and O–H groups in total. The van der Waals surface area contributed by atoms with Crippen molar-refractivity contribution < 1.29 is 29.3 Å². The monoisotopic (exact) mass is 486 g/mol. The highest BCUT2D eigenvalue weighted by atomic mass is 16.5. The molecule has 4 aromatic carbocycles. The van der Waals surface area contributed by atoms with Gasteiger partial charge in [0.25, 0.3) is 0 Å². The summed E-state index contributed by atoms with van der Waals surface area (Å²) in [5.41, 5.74) is 0.470. The lowest BCUT2D eigenvalue weighted by Crippen LogP contribution is -2.08. The molecule has 0 aromatic heterocycles. The van der Waals surface area contributed by atoms with E-state index in [2.05, 4.69) is 6.92 Å². The van der Waals surface area contributed by atoms with Crippen molar-refractivity contribution in [3.05, 3.63) is 71.8 Å². The quantitative estimate of drug-likeness (QED) is 0.196. The fourth-order valence-electron chi connectivity index (χ4n) is 4.55. The largest absolute Gasteiger partial charge is 0.506 e. The van der Waals surface area contributed by atoms with Crippen LogP contribution >= 0.6 is 0 Å². The molecule has 0 spiro atoms. The fourth-order valence-corrected chi connectivity index (χ4v) is 4.55. The van der Waals surface area contributed by atoms with E-state index in [0.29, 0.717) is 21.5 Å². The maximum Gasteiger partial charge on any atom is 0.341 e. The van der Waals surface area contributed by atoms with Gasteiger partial charge in [-0.05, 0) is 40.1 Å². The SMILES string of the molecule is CCCCCCCOC(=O)c1cc2ccccc2c(-c2c(O)c(C(=O)OC)cc3ccccc23)c1O. The van der Waals surface area contributed by atoms with Gasteiger partial charge in [0, 0.05) is 11.1 Å². The molecule has 0 aliphatic rings. The van der Waals surface area contributed by atoms with E-state index in [1.165, 1.54) is 7.11 Å². The van der Waals surface area contributed by atoms with Gasteiger partial charge < -0.3 is 19.7 Å². The number of benzene rings is 4. The van der Waals surface area contributed by atoms with Crippen molar-refractivity contribution in [3.63, 3.8) is 0 Å². The Morgan fingerprint density at radius 2 is 1.22 bits per heavy atom. The van der Waals surface area contributed by atoms with E-state index in [1.807, 2.05) is 24.3 Å². The van der Waals surface area contributed by atoms with Crippen molar-refractivity contribution in [1.82, 2.24) is 0 Å². The molecule has 0 aliphatic carbocycles. The molecule has 0 bridgehead atoms. The number of ether oxygens (including phenoxy) is 2. The lowest BCUT2D eigenvalue weighted by molar-refractivity contribution is 0.0493. The average molecular weight is 487 g/mol. The van der Waals surface area contributed by atoms with Crippen LogP contribution in [0, 0.1) is 0 Å². The topological polar surface area (TPSA) is 93.1 Å². The predicted molar refractivity (Wildman–Crippen MR) is 141 cm³/mol. The van der Waals surface area contributed by atoms with Gasteiger partial charge in [-0.2, -0.15) is 0 Å². The average Bonchev–Trinajstić information content (AvgIpc) is 2.90. The van der Waals surface area contributed by atoms with Crippen molar-refractivity contribution in [3.8, 4) is 22.6 Å². The van der Waals surface area contributed by atoms with Crippen LogP contribution in [0.2, 0.25) is 0 Å². The number of rotatable bonds is 9. The minimum absolute atomic E-state index is 0.00390. The molecule has 0 amide bonds. The minimum Gasteiger partial charge on any atom is -0.506 e. The standard InChI is InChI=1S/C30H30O6/c1-3-4-5-6-11-16-36-30(34)24-18-20-13-8-10-15-22(20)26(28(24)32)25-21-14-9-7-12-19(21)17-23(27(25)31)29(33)35-2/h7-10,12-15,17-18,31-32H,3-6,11,16H2,1-2H3. The molecule has 0 heterocycles. The first-order valence-corrected chi connectivity index (χ1v) is 12.2. The number of hydrogen-bond donors (Lipinski definition) is 2. The summed E-state index contributed by atoms with van der Waals surface area (Å²) in [6.45, 7) is 2.40. The van der Waals surface area contributed by atoms with Crippen molar-refractivity contribution in [1.29, 1.82) is 0 Å². The Kier molecular flexibility index (Phi) is 7.74. The van der Waals surface area contributed by atoms with Gasteiger partial charge >= 0.3 is 11.9 Å². The van der Waals surface area contributed by atoms with Gasteiger partial charge in [0.15, 0.2) is 0 Å². The Bertz CT molecular complexity index is 1420. The second kappa shape index (κ2) is 11.1. The summed E-state index contributed by atoms with van der Waals surface area (Å²) in [4.78, 5) is 25.5. The summed E-state index contributed by atoms with van der Waals surface area (Å²) in [6, 6.07) is 17.6. The molecular formula is C30H30O6. The third-order valence-electron chi connectivity index (χ3n) is 6.40. The van der Waals surface area contributed by atoms with Gasteiger partial charge in [-0.25, -0.2) is 9.59 Å². The van der Waals surface area contributed by atoms with Gasteiger partial charge in [0.05, 0.1) is 13.7 Å². The Balaban J connectivity index is 1.88. The zero-order valence-corrected chi connectivity index (χ0v) is 20.5. The second-order valence-electron chi connectivity index (χ2n) is 8.78. The lowest BCUT2D eigenvalue weighted by atomic mass is 9.89. The molecule has 0 saturated heterocycles. The van der Waals surface area contributed by atoms with Gasteiger partial charge in [-0.1, -0.05) is 81.1 Å². The van der Waals surface area contributed by atoms with Crippen LogP contribution < -0.4 is 0 Å². The highest BCUT2D eigenvalue weighted by Crippen LogP contribution is 2.47. The lowest BCUT2D eigenvalue weighted by Gasteiger charge is -2.18. The summed E-state index contributed by atoms with van der Waals surface area (Å²) < 4.78 is 10.4. The molecule has 186 valence electrons. The number of carbonyl (C=O) groups excluding carboxylic acids is 2. The van der Waals surface area contributed by atoms with Crippen molar-refractivity contribution in [2.45, 2.75) is 39.0 Å². The molecule has 6 nitrogen and oxygen atoms in total. The number of carbonyl (C=O) groups is 2. The van der Waals surface area contributed by atoms with Crippen LogP contribution in [0.15, 0.2) is 60.7 Å². The molecule has 36 heavy (non-hydrogen) atoms. The first-order valence-electron chi connectivity index (χ1n) is 12.2. The number of phenolic OH excluding ortho intramolecular Hbond substituents is 2. The van der Waals surface area contributed by atoms with E-state index in [1.54, 1.807) is 36.4 Å². The Morgan fingerprint density at radius 1 is 0.722 bits per heavy atom. The van der Waals surface area contributed by atoms with E-state index in [4.69, 9.17) is 9.47 Å². The molecule has 4 aromatic rings. The van der Waals surface area contributed by atoms with Crippen LogP contribution in [0.25, 0.3) is 32.7 Å². The third-order valence-corrected chi connectivity index (χ3v) is 6.40. The Morgan fingerprint density at radius 3 is 1.75 bits per heavy atom. The minimum atomic E-state index is -0.707. The van der Waals surface area contributed by atoms with E-state index in [9.17, 15) is 19.8 Å². The van der Waals surface area contributed by atoms with Crippen molar-refractivity contribution in [2.24, 2.45) is 0 Å². The number of hydrogen-bond acceptors (Lipinski definition) is 6. The molecule has 0 atom stereocenters. The van der Waals surface area contributed by atoms with Gasteiger partial charge in [0.2, 0.25) is 0 Å². The molecule has 0 radical (unpaired) electrons. The number of fused-ring (bicyclic) bond motifs is 2. The zero-order chi connectivity index (χ0) is 25.7. The van der Waals surface area contributed by atoms with Gasteiger partial charge in [-0.15, -0.1) is 0 Å². The first kappa shape index (κ1) is 25.0. The maximum absolute atomic E-state index is 13.0. The maximum atomic E-state index is 13.0. The molecule has 0 unspecified atom stereocenters. The number of methoxy groups -OCH3 is 1. The summed E-state index contributed by atoms with van der Waals surface area (Å²) in [6.07, 6.45) is 5.08. The number of unbranched alkanes of at least 4 members (excludes halogenated alkanes) is 4. The van der Waals surface area contributed by atoms with Crippen LogP contribution in [0.3, 0.4) is 0 Å². The summed E-state index contributed by atoms with van der Waals surface area (Å²) in [5, 5.41) is 25.3. The first-order chi connectivity index (χ1) is 17.5. The van der Waals surface area contributed by atoms with Crippen LogP contribution in [0.1, 0.15) is 59.7 Å². The molecule has 6 heteroatoms. The van der Waals surface area contributed by atoms with Crippen LogP contribution in [0.5, 0.6) is 11.5 Å².